The molecule has 0 aromatic carbocycles. The molecule has 1 saturated carbocycles. The van der Waals surface area contributed by atoms with Crippen molar-refractivity contribution < 1.29 is 4.79 Å². The zero-order chi connectivity index (χ0) is 11.6. The van der Waals surface area contributed by atoms with Crippen LogP contribution >= 0.6 is 0 Å². The second-order valence-corrected chi connectivity index (χ2v) is 6.03. The normalized spacial score (nSPS) is 27.6. The smallest absolute Gasteiger partial charge is 0.226 e. The van der Waals surface area contributed by atoms with Crippen LogP contribution < -0.4 is 10.6 Å². The highest BCUT2D eigenvalue weighted by Crippen LogP contribution is 2.33. The minimum atomic E-state index is -0.142. The lowest BCUT2D eigenvalue weighted by Crippen LogP contribution is -2.52. The summed E-state index contributed by atoms with van der Waals surface area (Å²) in [7, 11) is 0. The van der Waals surface area contributed by atoms with Gasteiger partial charge < -0.3 is 10.6 Å². The van der Waals surface area contributed by atoms with E-state index >= 15 is 0 Å². The van der Waals surface area contributed by atoms with Gasteiger partial charge in [0.05, 0.1) is 0 Å². The van der Waals surface area contributed by atoms with E-state index in [0.717, 1.165) is 38.8 Å². The van der Waals surface area contributed by atoms with E-state index < -0.39 is 0 Å². The molecule has 2 N–H and O–H groups in total. The zero-order valence-electron chi connectivity index (χ0n) is 10.6. The molecule has 1 amide bonds. The molecule has 2 fully saturated rings. The Balaban J connectivity index is 1.96. The molecule has 3 nitrogen and oxygen atoms in total. The first-order chi connectivity index (χ1) is 7.54. The minimum absolute atomic E-state index is 0.0744. The number of hydrogen-bond acceptors (Lipinski definition) is 2. The van der Waals surface area contributed by atoms with Gasteiger partial charge in [-0.25, -0.2) is 0 Å². The van der Waals surface area contributed by atoms with Gasteiger partial charge in [-0.1, -0.05) is 19.8 Å². The van der Waals surface area contributed by atoms with Gasteiger partial charge in [0.1, 0.15) is 0 Å². The van der Waals surface area contributed by atoms with Gasteiger partial charge in [-0.3, -0.25) is 4.79 Å². The third-order valence-electron chi connectivity index (χ3n) is 4.38. The number of rotatable bonds is 2. The van der Waals surface area contributed by atoms with Crippen molar-refractivity contribution in [2.75, 3.05) is 13.1 Å². The van der Waals surface area contributed by atoms with E-state index in [1.54, 1.807) is 0 Å². The Kier molecular flexibility index (Phi) is 3.24. The minimum Gasteiger partial charge on any atom is -0.350 e. The number of hydrogen-bond donors (Lipinski definition) is 2. The molecule has 0 spiro atoms. The summed E-state index contributed by atoms with van der Waals surface area (Å²) >= 11 is 0. The van der Waals surface area contributed by atoms with E-state index in [0.29, 0.717) is 0 Å². The number of amides is 1. The topological polar surface area (TPSA) is 41.1 Å². The molecule has 92 valence electrons. The van der Waals surface area contributed by atoms with Crippen molar-refractivity contribution in [3.63, 3.8) is 0 Å². The summed E-state index contributed by atoms with van der Waals surface area (Å²) in [5, 5.41) is 6.62. The van der Waals surface area contributed by atoms with Crippen LogP contribution in [-0.4, -0.2) is 24.5 Å². The van der Waals surface area contributed by atoms with Crippen LogP contribution in [0.2, 0.25) is 0 Å². The maximum atomic E-state index is 12.3. The lowest BCUT2D eigenvalue weighted by Gasteiger charge is -2.36. The third kappa shape index (κ3) is 2.40. The van der Waals surface area contributed by atoms with Gasteiger partial charge in [0, 0.05) is 11.0 Å². The van der Waals surface area contributed by atoms with Gasteiger partial charge in [0.2, 0.25) is 5.91 Å². The van der Waals surface area contributed by atoms with Crippen molar-refractivity contribution in [1.82, 2.24) is 10.6 Å². The second-order valence-electron chi connectivity index (χ2n) is 6.03. The standard InChI is InChI=1S/C13H24N2O/c1-12(7-9-14-10-8-12)11(16)15-13(2)5-3-4-6-13/h14H,3-10H2,1-2H3,(H,15,16). The van der Waals surface area contributed by atoms with E-state index in [1.807, 2.05) is 0 Å². The van der Waals surface area contributed by atoms with Crippen molar-refractivity contribution in [3.8, 4) is 0 Å². The molecular formula is C13H24N2O. The van der Waals surface area contributed by atoms with E-state index in [1.165, 1.54) is 12.8 Å². The fraction of sp³-hybridized carbons (Fsp3) is 0.923. The summed E-state index contributed by atoms with van der Waals surface area (Å²) < 4.78 is 0. The Hall–Kier alpha value is -0.570. The van der Waals surface area contributed by atoms with E-state index in [-0.39, 0.29) is 16.9 Å². The van der Waals surface area contributed by atoms with Gasteiger partial charge in [-0.05, 0) is 45.7 Å². The monoisotopic (exact) mass is 224 g/mol. The third-order valence-corrected chi connectivity index (χ3v) is 4.38. The molecule has 0 aromatic rings. The first-order valence-corrected chi connectivity index (χ1v) is 6.58. The number of piperidine rings is 1. The van der Waals surface area contributed by atoms with Gasteiger partial charge in [-0.15, -0.1) is 0 Å². The van der Waals surface area contributed by atoms with Crippen molar-refractivity contribution in [1.29, 1.82) is 0 Å². The predicted octanol–water partition coefficient (Wildman–Crippen LogP) is 1.82. The SMILES string of the molecule is CC1(NC(=O)C2(C)CCNCC2)CCCC1. The van der Waals surface area contributed by atoms with Crippen LogP contribution in [-0.2, 0) is 4.79 Å². The lowest BCUT2D eigenvalue weighted by molar-refractivity contribution is -0.133. The summed E-state index contributed by atoms with van der Waals surface area (Å²) in [6.45, 7) is 6.26. The summed E-state index contributed by atoms with van der Waals surface area (Å²) in [4.78, 5) is 12.3. The first kappa shape index (κ1) is 11.9. The lowest BCUT2D eigenvalue weighted by atomic mass is 9.79. The van der Waals surface area contributed by atoms with E-state index in [2.05, 4.69) is 24.5 Å². The molecule has 0 unspecified atom stereocenters. The fourth-order valence-corrected chi connectivity index (χ4v) is 2.91. The molecule has 2 rings (SSSR count). The van der Waals surface area contributed by atoms with Crippen LogP contribution in [0.25, 0.3) is 0 Å². The van der Waals surface area contributed by atoms with Gasteiger partial charge in [-0.2, -0.15) is 0 Å². The largest absolute Gasteiger partial charge is 0.350 e. The average Bonchev–Trinajstić information content (AvgIpc) is 2.66. The molecule has 2 aliphatic rings. The van der Waals surface area contributed by atoms with Crippen LogP contribution in [0.3, 0.4) is 0 Å². The molecule has 1 saturated heterocycles. The number of nitrogens with one attached hydrogen (secondary N) is 2. The average molecular weight is 224 g/mol. The Bertz CT molecular complexity index is 263. The zero-order valence-corrected chi connectivity index (χ0v) is 10.6. The second kappa shape index (κ2) is 4.36. The van der Waals surface area contributed by atoms with Crippen LogP contribution in [0.15, 0.2) is 0 Å². The molecule has 0 atom stereocenters. The molecule has 1 aliphatic carbocycles. The summed E-state index contributed by atoms with van der Waals surface area (Å²) in [6.07, 6.45) is 6.74. The molecule has 0 bridgehead atoms. The molecule has 3 heteroatoms. The molecule has 0 aromatic heterocycles. The predicted molar refractivity (Wildman–Crippen MR) is 65.2 cm³/mol. The van der Waals surface area contributed by atoms with Crippen LogP contribution in [0, 0.1) is 5.41 Å². The Morgan fingerprint density at radius 1 is 1.06 bits per heavy atom. The Morgan fingerprint density at radius 3 is 2.19 bits per heavy atom. The maximum absolute atomic E-state index is 12.3. The molecule has 1 heterocycles. The van der Waals surface area contributed by atoms with Crippen LogP contribution in [0.5, 0.6) is 0 Å². The van der Waals surface area contributed by atoms with E-state index in [4.69, 9.17) is 0 Å². The van der Waals surface area contributed by atoms with Crippen molar-refractivity contribution in [2.24, 2.45) is 5.41 Å². The summed E-state index contributed by atoms with van der Waals surface area (Å²) in [5.41, 5.74) is -0.0676. The molecule has 0 radical (unpaired) electrons. The Morgan fingerprint density at radius 2 is 1.62 bits per heavy atom. The van der Waals surface area contributed by atoms with E-state index in [9.17, 15) is 4.79 Å². The van der Waals surface area contributed by atoms with Crippen LogP contribution in [0.1, 0.15) is 52.4 Å². The quantitative estimate of drug-likeness (QED) is 0.751. The summed E-state index contributed by atoms with van der Waals surface area (Å²) in [6, 6.07) is 0. The fourth-order valence-electron chi connectivity index (χ4n) is 2.91. The molecule has 16 heavy (non-hydrogen) atoms. The van der Waals surface area contributed by atoms with Gasteiger partial charge in [0.15, 0.2) is 0 Å². The highest BCUT2D eigenvalue weighted by molar-refractivity contribution is 5.83. The highest BCUT2D eigenvalue weighted by Gasteiger charge is 2.39. The number of carbonyl (C=O) groups excluding carboxylic acids is 1. The number of carbonyl (C=O) groups is 1. The van der Waals surface area contributed by atoms with Crippen molar-refractivity contribution >= 4 is 5.91 Å². The highest BCUT2D eigenvalue weighted by atomic mass is 16.2. The molecule has 1 aliphatic heterocycles. The Labute approximate surface area is 98.4 Å². The van der Waals surface area contributed by atoms with Gasteiger partial charge >= 0.3 is 0 Å². The first-order valence-electron chi connectivity index (χ1n) is 6.58. The maximum Gasteiger partial charge on any atom is 0.226 e. The summed E-state index contributed by atoms with van der Waals surface area (Å²) in [5.74, 6) is 0.276. The van der Waals surface area contributed by atoms with Gasteiger partial charge in [0.25, 0.3) is 0 Å². The van der Waals surface area contributed by atoms with Crippen molar-refractivity contribution in [3.05, 3.63) is 0 Å². The van der Waals surface area contributed by atoms with Crippen molar-refractivity contribution in [2.45, 2.75) is 57.9 Å². The van der Waals surface area contributed by atoms with Crippen LogP contribution in [0.4, 0.5) is 0 Å². The molecular weight excluding hydrogens is 200 g/mol.